The van der Waals surface area contributed by atoms with Crippen LogP contribution in [0.15, 0.2) is 0 Å². The Morgan fingerprint density at radius 2 is 1.12 bits per heavy atom. The first-order valence-corrected chi connectivity index (χ1v) is 5.65. The minimum Gasteiger partial charge on any atom is -0.394 e. The highest BCUT2D eigenvalue weighted by atomic mass is 17.2. The fourth-order valence-corrected chi connectivity index (χ4v) is 1.59. The predicted octanol–water partition coefficient (Wildman–Crippen LogP) is 0.179. The quantitative estimate of drug-likeness (QED) is 0.355. The summed E-state index contributed by atoms with van der Waals surface area (Å²) in [6.45, 7) is 0.340. The van der Waals surface area contributed by atoms with Crippen LogP contribution in [-0.4, -0.2) is 48.8 Å². The molecule has 0 saturated heterocycles. The van der Waals surface area contributed by atoms with Gasteiger partial charge in [0.15, 0.2) is 0 Å². The number of rotatable bonds is 8. The van der Waals surface area contributed by atoms with Gasteiger partial charge in [0.1, 0.15) is 13.2 Å². The van der Waals surface area contributed by atoms with Crippen molar-refractivity contribution in [1.29, 1.82) is 0 Å². The standard InChI is InChI=1S/C10H20O6/c11-5-7-13-15-9-1-2-10(4-3-9)16-14-8-6-12/h9-12H,1-8H2. The molecule has 1 aliphatic rings. The smallest absolute Gasteiger partial charge is 0.105 e. The first-order valence-electron chi connectivity index (χ1n) is 5.65. The topological polar surface area (TPSA) is 77.4 Å². The molecule has 6 heteroatoms. The van der Waals surface area contributed by atoms with Gasteiger partial charge in [0.25, 0.3) is 0 Å². The van der Waals surface area contributed by atoms with E-state index in [1.54, 1.807) is 0 Å². The van der Waals surface area contributed by atoms with E-state index in [0.717, 1.165) is 25.7 Å². The molecule has 16 heavy (non-hydrogen) atoms. The molecule has 1 saturated carbocycles. The molecule has 0 unspecified atom stereocenters. The maximum absolute atomic E-state index is 8.50. The second kappa shape index (κ2) is 8.86. The van der Waals surface area contributed by atoms with Gasteiger partial charge in [-0.15, -0.1) is 0 Å². The maximum Gasteiger partial charge on any atom is 0.105 e. The lowest BCUT2D eigenvalue weighted by Crippen LogP contribution is -2.27. The van der Waals surface area contributed by atoms with Crippen LogP contribution >= 0.6 is 0 Å². The predicted molar refractivity (Wildman–Crippen MR) is 54.3 cm³/mol. The van der Waals surface area contributed by atoms with Crippen LogP contribution in [0.25, 0.3) is 0 Å². The Morgan fingerprint density at radius 1 is 0.750 bits per heavy atom. The average Bonchev–Trinajstić information content (AvgIpc) is 2.32. The van der Waals surface area contributed by atoms with Gasteiger partial charge in [0.05, 0.1) is 25.4 Å². The number of hydrogen-bond acceptors (Lipinski definition) is 6. The van der Waals surface area contributed by atoms with E-state index in [1.807, 2.05) is 0 Å². The van der Waals surface area contributed by atoms with Crippen molar-refractivity contribution in [2.45, 2.75) is 37.9 Å². The Bertz CT molecular complexity index is 139. The van der Waals surface area contributed by atoms with Crippen molar-refractivity contribution in [2.75, 3.05) is 26.4 Å². The summed E-state index contributed by atoms with van der Waals surface area (Å²) in [6.07, 6.45) is 3.53. The Kier molecular flexibility index (Phi) is 7.65. The van der Waals surface area contributed by atoms with E-state index in [9.17, 15) is 0 Å². The van der Waals surface area contributed by atoms with Gasteiger partial charge >= 0.3 is 0 Å². The molecule has 96 valence electrons. The third kappa shape index (κ3) is 5.74. The SMILES string of the molecule is OCCOOC1CCC(OOCCO)CC1. The summed E-state index contributed by atoms with van der Waals surface area (Å²) in [5.41, 5.74) is 0. The Hall–Kier alpha value is -0.240. The van der Waals surface area contributed by atoms with Crippen molar-refractivity contribution >= 4 is 0 Å². The molecule has 0 radical (unpaired) electrons. The summed E-state index contributed by atoms with van der Waals surface area (Å²) in [5.74, 6) is 0. The van der Waals surface area contributed by atoms with Gasteiger partial charge in [-0.05, 0) is 25.7 Å². The molecule has 0 aromatic carbocycles. The van der Waals surface area contributed by atoms with Crippen LogP contribution < -0.4 is 0 Å². The van der Waals surface area contributed by atoms with Gasteiger partial charge in [-0.2, -0.15) is 0 Å². The van der Waals surface area contributed by atoms with Gasteiger partial charge in [-0.1, -0.05) is 0 Å². The highest BCUT2D eigenvalue weighted by molar-refractivity contribution is 4.71. The normalized spacial score (nSPS) is 25.9. The Balaban J connectivity index is 2.00. The summed E-state index contributed by atoms with van der Waals surface area (Å²) in [4.78, 5) is 19.8. The molecular formula is C10H20O6. The molecular weight excluding hydrogens is 216 g/mol. The lowest BCUT2D eigenvalue weighted by molar-refractivity contribution is -0.353. The van der Waals surface area contributed by atoms with Crippen molar-refractivity contribution < 1.29 is 29.8 Å². The summed E-state index contributed by atoms with van der Waals surface area (Å²) in [7, 11) is 0. The lowest BCUT2D eigenvalue weighted by Gasteiger charge is -2.26. The van der Waals surface area contributed by atoms with Crippen molar-refractivity contribution in [3.8, 4) is 0 Å². The number of hydrogen-bond donors (Lipinski definition) is 2. The third-order valence-corrected chi connectivity index (χ3v) is 2.38. The molecule has 0 heterocycles. The monoisotopic (exact) mass is 236 g/mol. The van der Waals surface area contributed by atoms with Crippen LogP contribution in [0.4, 0.5) is 0 Å². The van der Waals surface area contributed by atoms with Gasteiger partial charge in [-0.25, -0.2) is 19.6 Å². The van der Waals surface area contributed by atoms with E-state index >= 15 is 0 Å². The maximum atomic E-state index is 8.50. The fraction of sp³-hybridized carbons (Fsp3) is 1.00. The minimum absolute atomic E-state index is 0.0343. The largest absolute Gasteiger partial charge is 0.394 e. The molecule has 2 N–H and O–H groups in total. The molecule has 1 fully saturated rings. The third-order valence-electron chi connectivity index (χ3n) is 2.38. The highest BCUT2D eigenvalue weighted by Crippen LogP contribution is 2.23. The molecule has 0 aromatic heterocycles. The van der Waals surface area contributed by atoms with Crippen molar-refractivity contribution in [3.05, 3.63) is 0 Å². The Morgan fingerprint density at radius 3 is 1.44 bits per heavy atom. The van der Waals surface area contributed by atoms with Crippen LogP contribution in [-0.2, 0) is 19.6 Å². The van der Waals surface area contributed by atoms with Crippen molar-refractivity contribution in [2.24, 2.45) is 0 Å². The van der Waals surface area contributed by atoms with Crippen LogP contribution in [0, 0.1) is 0 Å². The van der Waals surface area contributed by atoms with Crippen LogP contribution in [0.3, 0.4) is 0 Å². The molecule has 1 rings (SSSR count). The van der Waals surface area contributed by atoms with Gasteiger partial charge in [0.2, 0.25) is 0 Å². The molecule has 6 nitrogen and oxygen atoms in total. The molecule has 0 bridgehead atoms. The lowest BCUT2D eigenvalue weighted by atomic mass is 9.95. The minimum atomic E-state index is -0.0343. The summed E-state index contributed by atoms with van der Waals surface area (Å²) in [6, 6.07) is 0. The second-order valence-electron chi connectivity index (χ2n) is 3.68. The first-order chi connectivity index (χ1) is 7.86. The van der Waals surface area contributed by atoms with Crippen LogP contribution in [0.2, 0.25) is 0 Å². The van der Waals surface area contributed by atoms with E-state index in [-0.39, 0.29) is 38.6 Å². The Labute approximate surface area is 94.9 Å². The summed E-state index contributed by atoms with van der Waals surface area (Å²) >= 11 is 0. The molecule has 0 spiro atoms. The summed E-state index contributed by atoms with van der Waals surface area (Å²) < 4.78 is 0. The van der Waals surface area contributed by atoms with Gasteiger partial charge in [-0.3, -0.25) is 0 Å². The molecule has 0 amide bonds. The van der Waals surface area contributed by atoms with E-state index in [2.05, 4.69) is 0 Å². The zero-order valence-electron chi connectivity index (χ0n) is 9.34. The van der Waals surface area contributed by atoms with E-state index < -0.39 is 0 Å². The zero-order chi connectivity index (χ0) is 11.6. The fourth-order valence-electron chi connectivity index (χ4n) is 1.59. The van der Waals surface area contributed by atoms with E-state index in [0.29, 0.717) is 0 Å². The second-order valence-corrected chi connectivity index (χ2v) is 3.68. The highest BCUT2D eigenvalue weighted by Gasteiger charge is 2.23. The summed E-state index contributed by atoms with van der Waals surface area (Å²) in [5, 5.41) is 17.0. The van der Waals surface area contributed by atoms with Crippen LogP contribution in [0.5, 0.6) is 0 Å². The van der Waals surface area contributed by atoms with E-state index in [1.165, 1.54) is 0 Å². The number of aliphatic hydroxyl groups is 2. The first kappa shape index (κ1) is 13.8. The molecule has 1 aliphatic carbocycles. The zero-order valence-corrected chi connectivity index (χ0v) is 9.34. The van der Waals surface area contributed by atoms with Gasteiger partial charge in [0, 0.05) is 0 Å². The van der Waals surface area contributed by atoms with Crippen molar-refractivity contribution in [1.82, 2.24) is 0 Å². The van der Waals surface area contributed by atoms with E-state index in [4.69, 9.17) is 29.8 Å². The number of aliphatic hydroxyl groups excluding tert-OH is 2. The van der Waals surface area contributed by atoms with Gasteiger partial charge < -0.3 is 10.2 Å². The molecule has 0 atom stereocenters. The molecule has 0 aliphatic heterocycles. The van der Waals surface area contributed by atoms with Crippen LogP contribution in [0.1, 0.15) is 25.7 Å². The average molecular weight is 236 g/mol. The molecule has 0 aromatic rings. The van der Waals surface area contributed by atoms with Crippen molar-refractivity contribution in [3.63, 3.8) is 0 Å².